The predicted octanol–water partition coefficient (Wildman–Crippen LogP) is 12.7. The minimum Gasteiger partial charge on any atom is -0.374 e. The summed E-state index contributed by atoms with van der Waals surface area (Å²) in [5, 5.41) is 0. The molecular formula is C60H103NO15Si5. The molecule has 81 heavy (non-hydrogen) atoms. The van der Waals surface area contributed by atoms with E-state index in [9.17, 15) is 0 Å². The average molecular weight is 1220 g/mol. The van der Waals surface area contributed by atoms with Crippen molar-refractivity contribution in [1.82, 2.24) is 0 Å². The highest BCUT2D eigenvalue weighted by atomic mass is 28.4. The van der Waals surface area contributed by atoms with Gasteiger partial charge in [0.2, 0.25) is 0 Å². The van der Waals surface area contributed by atoms with Gasteiger partial charge in [0, 0.05) is 128 Å². The van der Waals surface area contributed by atoms with Gasteiger partial charge in [-0.1, -0.05) is 72.8 Å². The molecule has 0 saturated carbocycles. The van der Waals surface area contributed by atoms with Crippen LogP contribution in [0.1, 0.15) is 148 Å². The van der Waals surface area contributed by atoms with Crippen LogP contribution in [0, 0.1) is 0 Å². The molecule has 3 aromatic carbocycles. The number of benzene rings is 3. The molecule has 0 aromatic heterocycles. The van der Waals surface area contributed by atoms with Gasteiger partial charge in [-0.3, -0.25) is 4.99 Å². The van der Waals surface area contributed by atoms with Crippen LogP contribution in [0.3, 0.4) is 0 Å². The Hall–Kier alpha value is -2.71. The molecule has 0 saturated heterocycles. The second kappa shape index (κ2) is 39.8. The lowest BCUT2D eigenvalue weighted by atomic mass is 9.88. The number of rotatable bonds is 47. The third kappa shape index (κ3) is 22.6. The summed E-state index contributed by atoms with van der Waals surface area (Å²) in [6.45, 7) is 36.7. The number of aliphatic imine (C=N–C) groups is 1. The number of hydrogen-bond acceptors (Lipinski definition) is 16. The van der Waals surface area contributed by atoms with Gasteiger partial charge in [0.15, 0.2) is 0 Å². The fraction of sp³-hybridized carbons (Fsp3) is 0.617. The standard InChI is InChI=1S/C60H103NO15Si5/c1-16-62-77(63-17-2,64-18-3)46-41-52-35-31-32-40-57(52)60(59-55(44-49-80(71-25-10,72-26-11)73-27-12)38-34-39-56(59)45-50-81(74-28-13,75-29-14)76-30-15)61-51-58-53(42-47-78(65-19-4,66-20-5)67-21-6)36-33-37-54(58)43-48-79(68-22-7,69-23-8)70-24-9/h31-40,42-43,47-48H,16-30,41,44-46,49-51H2,1-15H3/b47-42-,48-43-,61-60?. The summed E-state index contributed by atoms with van der Waals surface area (Å²) in [5.74, 6) is 0. The molecule has 0 bridgehead atoms. The number of hydrogen-bond donors (Lipinski definition) is 0. The van der Waals surface area contributed by atoms with Crippen molar-refractivity contribution in [3.8, 4) is 0 Å². The van der Waals surface area contributed by atoms with E-state index in [2.05, 4.69) is 72.8 Å². The van der Waals surface area contributed by atoms with Gasteiger partial charge in [-0.2, -0.15) is 0 Å². The zero-order valence-electron chi connectivity index (χ0n) is 52.2. The lowest BCUT2D eigenvalue weighted by Gasteiger charge is -2.30. The maximum Gasteiger partial charge on any atom is 0.529 e. The van der Waals surface area contributed by atoms with Crippen LogP contribution in [-0.4, -0.2) is 149 Å². The summed E-state index contributed by atoms with van der Waals surface area (Å²) in [4.78, 5) is 5.94. The van der Waals surface area contributed by atoms with E-state index in [-0.39, 0.29) is 6.54 Å². The normalized spacial score (nSPS) is 13.2. The van der Waals surface area contributed by atoms with E-state index in [0.717, 1.165) is 50.2 Å². The minimum atomic E-state index is -3.27. The second-order valence-corrected chi connectivity index (χ2v) is 31.1. The van der Waals surface area contributed by atoms with Crippen LogP contribution < -0.4 is 0 Å². The molecule has 0 heterocycles. The Kier molecular flexibility index (Phi) is 35.7. The van der Waals surface area contributed by atoms with Gasteiger partial charge < -0.3 is 66.4 Å². The molecule has 0 N–H and O–H groups in total. The van der Waals surface area contributed by atoms with E-state index in [1.165, 1.54) is 0 Å². The smallest absolute Gasteiger partial charge is 0.374 e. The summed E-state index contributed by atoms with van der Waals surface area (Å²) in [5.41, 5.74) is 12.8. The molecule has 3 rings (SSSR count). The largest absolute Gasteiger partial charge is 0.529 e. The Labute approximate surface area is 494 Å². The van der Waals surface area contributed by atoms with Gasteiger partial charge in [0.1, 0.15) is 0 Å². The molecule has 0 fully saturated rings. The van der Waals surface area contributed by atoms with E-state index in [0.29, 0.717) is 136 Å². The van der Waals surface area contributed by atoms with Gasteiger partial charge in [-0.25, -0.2) is 0 Å². The van der Waals surface area contributed by atoms with Crippen molar-refractivity contribution >= 4 is 61.9 Å². The molecular weight excluding hydrogens is 1120 g/mol. The summed E-state index contributed by atoms with van der Waals surface area (Å²) in [6.07, 6.45) is 5.91. The van der Waals surface area contributed by atoms with Crippen LogP contribution in [0.5, 0.6) is 0 Å². The summed E-state index contributed by atoms with van der Waals surface area (Å²) in [7, 11) is -16.0. The topological polar surface area (TPSA) is 151 Å². The summed E-state index contributed by atoms with van der Waals surface area (Å²) >= 11 is 0. The number of nitrogens with zero attached hydrogens (tertiary/aromatic N) is 1. The van der Waals surface area contributed by atoms with Crippen LogP contribution in [0.2, 0.25) is 18.1 Å². The third-order valence-electron chi connectivity index (χ3n) is 12.8. The van der Waals surface area contributed by atoms with Crippen LogP contribution >= 0.6 is 0 Å². The van der Waals surface area contributed by atoms with Gasteiger partial charge >= 0.3 is 44.0 Å². The van der Waals surface area contributed by atoms with Crippen molar-refractivity contribution in [1.29, 1.82) is 0 Å². The fourth-order valence-corrected chi connectivity index (χ4v) is 21.9. The van der Waals surface area contributed by atoms with Crippen LogP contribution in [0.25, 0.3) is 12.2 Å². The first-order valence-electron chi connectivity index (χ1n) is 30.2. The first kappa shape index (κ1) is 72.6. The molecule has 21 heteroatoms. The monoisotopic (exact) mass is 1220 g/mol. The fourth-order valence-electron chi connectivity index (χ4n) is 9.92. The Balaban J connectivity index is 2.70. The van der Waals surface area contributed by atoms with Crippen molar-refractivity contribution in [2.45, 2.75) is 148 Å². The van der Waals surface area contributed by atoms with E-state index < -0.39 is 44.0 Å². The zero-order valence-corrected chi connectivity index (χ0v) is 57.2. The SMILES string of the molecule is CCO[Si](/C=C\c1cccc(/C=C\[Si](OCC)(OCC)OCC)c1CN=C(c1ccccc1CC[Si](OCC)(OCC)OCC)c1c(CC[Si](OCC)(OCC)OCC)cccc1CC[Si](OCC)(OCC)OCC)(OCC)OCC. The van der Waals surface area contributed by atoms with Crippen molar-refractivity contribution in [3.05, 3.63) is 117 Å². The minimum absolute atomic E-state index is 0.247. The molecule has 0 atom stereocenters. The number of aryl methyl sites for hydroxylation is 3. The quantitative estimate of drug-likeness (QED) is 0.0389. The maximum absolute atomic E-state index is 6.51. The maximum atomic E-state index is 6.51. The van der Waals surface area contributed by atoms with Crippen molar-refractivity contribution in [3.63, 3.8) is 0 Å². The molecule has 458 valence electrons. The van der Waals surface area contributed by atoms with Crippen LogP contribution in [-0.2, 0) is 92.2 Å². The molecule has 3 aromatic rings. The summed E-state index contributed by atoms with van der Waals surface area (Å²) in [6, 6.07) is 23.0. The van der Waals surface area contributed by atoms with Crippen molar-refractivity contribution in [2.24, 2.45) is 4.99 Å². The van der Waals surface area contributed by atoms with Gasteiger partial charge in [0.25, 0.3) is 0 Å². The molecule has 0 spiro atoms. The Bertz CT molecular complexity index is 2100. The van der Waals surface area contributed by atoms with Gasteiger partial charge in [-0.05, 0) is 168 Å². The molecule has 0 radical (unpaired) electrons. The second-order valence-electron chi connectivity index (χ2n) is 18.1. The van der Waals surface area contributed by atoms with Crippen molar-refractivity contribution in [2.75, 3.05) is 99.1 Å². The van der Waals surface area contributed by atoms with E-state index in [1.807, 2.05) is 115 Å². The molecule has 0 aliphatic heterocycles. The molecule has 0 aliphatic carbocycles. The highest BCUT2D eigenvalue weighted by molar-refractivity contribution is 6.67. The third-order valence-corrected chi connectivity index (χ3v) is 27.2. The average Bonchev–Trinajstić information content (AvgIpc) is 3.44. The lowest BCUT2D eigenvalue weighted by Crippen LogP contribution is -2.46. The van der Waals surface area contributed by atoms with Crippen LogP contribution in [0.15, 0.2) is 77.1 Å². The first-order valence-corrected chi connectivity index (χ1v) is 39.5. The molecule has 16 nitrogen and oxygen atoms in total. The van der Waals surface area contributed by atoms with Gasteiger partial charge in [-0.15, -0.1) is 0 Å². The van der Waals surface area contributed by atoms with Gasteiger partial charge in [0.05, 0.1) is 12.3 Å². The van der Waals surface area contributed by atoms with E-state index in [1.54, 1.807) is 0 Å². The zero-order chi connectivity index (χ0) is 59.5. The first-order chi connectivity index (χ1) is 39.3. The van der Waals surface area contributed by atoms with E-state index in [4.69, 9.17) is 71.4 Å². The highest BCUT2D eigenvalue weighted by Gasteiger charge is 2.44. The summed E-state index contributed by atoms with van der Waals surface area (Å²) < 4.78 is 96.6. The molecule has 0 amide bonds. The van der Waals surface area contributed by atoms with Crippen LogP contribution in [0.4, 0.5) is 0 Å². The van der Waals surface area contributed by atoms with E-state index >= 15 is 0 Å². The molecule has 0 unspecified atom stereocenters. The Morgan fingerprint density at radius 3 is 0.951 bits per heavy atom. The Morgan fingerprint density at radius 2 is 0.630 bits per heavy atom. The van der Waals surface area contributed by atoms with Crippen molar-refractivity contribution < 1.29 is 66.4 Å². The Morgan fingerprint density at radius 1 is 0.346 bits per heavy atom. The predicted molar refractivity (Wildman–Crippen MR) is 335 cm³/mol. The lowest BCUT2D eigenvalue weighted by molar-refractivity contribution is 0.0706. The highest BCUT2D eigenvalue weighted by Crippen LogP contribution is 2.33. The molecule has 0 aliphatic rings.